The summed E-state index contributed by atoms with van der Waals surface area (Å²) in [6, 6.07) is 16.8. The number of esters is 2. The molecule has 0 aromatic heterocycles. The molecule has 0 spiro atoms. The molecule has 4 N–H and O–H groups in total. The van der Waals surface area contributed by atoms with Gasteiger partial charge in [0.2, 0.25) is 5.91 Å². The molecule has 3 atom stereocenters. The van der Waals surface area contributed by atoms with E-state index in [0.717, 1.165) is 36.8 Å². The van der Waals surface area contributed by atoms with Crippen molar-refractivity contribution in [3.63, 3.8) is 0 Å². The highest BCUT2D eigenvalue weighted by molar-refractivity contribution is 5.88. The molecular weight excluding hydrogens is 765 g/mol. The molecule has 0 heterocycles. The van der Waals surface area contributed by atoms with E-state index in [4.69, 9.17) is 14.2 Å². The van der Waals surface area contributed by atoms with E-state index in [1.54, 1.807) is 41.5 Å². The molecule has 0 aliphatic rings. The molecule has 0 aliphatic heterocycles. The van der Waals surface area contributed by atoms with Gasteiger partial charge in [-0.3, -0.25) is 14.4 Å². The molecule has 60 heavy (non-hydrogen) atoms. The van der Waals surface area contributed by atoms with E-state index in [1.165, 1.54) is 0 Å². The Bertz CT molecular complexity index is 1630. The van der Waals surface area contributed by atoms with Crippen LogP contribution in [0.1, 0.15) is 138 Å². The zero-order chi connectivity index (χ0) is 44.8. The van der Waals surface area contributed by atoms with Crippen LogP contribution in [0.15, 0.2) is 60.7 Å². The molecule has 0 fully saturated rings. The van der Waals surface area contributed by atoms with E-state index in [1.807, 2.05) is 81.4 Å². The average molecular weight is 837 g/mol. The first-order valence-corrected chi connectivity index (χ1v) is 21.4. The van der Waals surface area contributed by atoms with Crippen LogP contribution in [0.25, 0.3) is 0 Å². The van der Waals surface area contributed by atoms with Crippen molar-refractivity contribution in [1.29, 1.82) is 0 Å². The Morgan fingerprint density at radius 3 is 1.77 bits per heavy atom. The number of ketones is 1. The highest BCUT2D eigenvalue weighted by Gasteiger charge is 2.30. The Balaban J connectivity index is 1.96. The van der Waals surface area contributed by atoms with Crippen LogP contribution in [-0.4, -0.2) is 72.1 Å². The second kappa shape index (κ2) is 25.6. The topological polar surface area (TPSA) is 178 Å². The van der Waals surface area contributed by atoms with Gasteiger partial charge in [0.15, 0.2) is 0 Å². The number of alkyl carbamates (subject to hydrolysis) is 1. The number of unbranched alkanes of at least 4 members (excludes halogenated alkanes) is 3. The number of amides is 4. The molecule has 0 saturated carbocycles. The maximum atomic E-state index is 13.5. The highest BCUT2D eigenvalue weighted by atomic mass is 16.6. The minimum absolute atomic E-state index is 0.0255. The summed E-state index contributed by atoms with van der Waals surface area (Å²) >= 11 is 0. The number of ether oxygens (including phenoxy) is 3. The molecule has 2 aromatic rings. The van der Waals surface area contributed by atoms with Crippen LogP contribution in [0.5, 0.6) is 0 Å². The van der Waals surface area contributed by atoms with Gasteiger partial charge in [-0.25, -0.2) is 14.4 Å². The summed E-state index contributed by atoms with van der Waals surface area (Å²) < 4.78 is 16.3. The molecule has 0 aliphatic carbocycles. The maximum Gasteiger partial charge on any atom is 0.407 e. The number of hydrogen-bond acceptors (Lipinski definition) is 9. The normalized spacial score (nSPS) is 13.2. The van der Waals surface area contributed by atoms with Crippen LogP contribution in [0.4, 0.5) is 9.59 Å². The van der Waals surface area contributed by atoms with Gasteiger partial charge in [0.1, 0.15) is 29.6 Å². The van der Waals surface area contributed by atoms with Gasteiger partial charge in [0.05, 0.1) is 0 Å². The SMILES string of the molecule is CC(C)(C)C[C@H](CCC(=O)OC(C)(C)C)NC(=O)N[C@@H](CCC(=O)C[C@@H](Cc1ccccc1)C(=O)NCCCCCCNC(=O)OCc1ccccc1)C(=O)OC(C)(C)C. The lowest BCUT2D eigenvalue weighted by Gasteiger charge is -2.29. The largest absolute Gasteiger partial charge is 0.460 e. The lowest BCUT2D eigenvalue weighted by molar-refractivity contribution is -0.157. The number of urea groups is 1. The van der Waals surface area contributed by atoms with Crippen LogP contribution >= 0.6 is 0 Å². The fraction of sp³-hybridized carbons (Fsp3) is 0.617. The number of rotatable bonds is 24. The number of Topliss-reactive ketones (excluding diaryl/α,β-unsaturated/α-hetero) is 1. The van der Waals surface area contributed by atoms with Crippen molar-refractivity contribution >= 4 is 35.8 Å². The van der Waals surface area contributed by atoms with Gasteiger partial charge in [0.25, 0.3) is 0 Å². The van der Waals surface area contributed by atoms with E-state index in [-0.39, 0.29) is 55.4 Å². The monoisotopic (exact) mass is 837 g/mol. The van der Waals surface area contributed by atoms with E-state index in [2.05, 4.69) is 21.3 Å². The first-order valence-electron chi connectivity index (χ1n) is 21.4. The summed E-state index contributed by atoms with van der Waals surface area (Å²) in [5.41, 5.74) is 0.189. The molecule has 2 rings (SSSR count). The van der Waals surface area contributed by atoms with Crippen molar-refractivity contribution in [1.82, 2.24) is 21.3 Å². The zero-order valence-corrected chi connectivity index (χ0v) is 37.6. The lowest BCUT2D eigenvalue weighted by Crippen LogP contribution is -2.51. The van der Waals surface area contributed by atoms with Crippen LogP contribution in [0.3, 0.4) is 0 Å². The molecule has 334 valence electrons. The minimum Gasteiger partial charge on any atom is -0.460 e. The van der Waals surface area contributed by atoms with E-state index < -0.39 is 47.3 Å². The lowest BCUT2D eigenvalue weighted by atomic mass is 9.86. The standard InChI is InChI=1S/C47H72N4O9/c1-45(2,3)32-37(24-27-40(53)59-46(4,5)6)50-43(56)51-39(42(55)60-47(7,8)9)26-25-38(52)31-36(30-34-20-14-12-15-21-34)41(54)48-28-18-10-11-19-29-49-44(57)58-33-35-22-16-13-17-23-35/h12-17,20-23,36-37,39H,10-11,18-19,24-33H2,1-9H3,(H,48,54)(H,49,57)(H2,50,51,56)/t36-,37+,39+/m1/s1. The van der Waals surface area contributed by atoms with Crippen molar-refractivity contribution < 1.29 is 43.0 Å². The molecule has 2 aromatic carbocycles. The molecule has 0 radical (unpaired) electrons. The van der Waals surface area contributed by atoms with Gasteiger partial charge < -0.3 is 35.5 Å². The molecule has 13 nitrogen and oxygen atoms in total. The third-order valence-electron chi connectivity index (χ3n) is 9.07. The highest BCUT2D eigenvalue weighted by Crippen LogP contribution is 2.24. The second-order valence-electron chi connectivity index (χ2n) is 18.7. The van der Waals surface area contributed by atoms with Gasteiger partial charge in [-0.2, -0.15) is 0 Å². The van der Waals surface area contributed by atoms with Crippen molar-refractivity contribution in [2.24, 2.45) is 11.3 Å². The van der Waals surface area contributed by atoms with Gasteiger partial charge in [-0.1, -0.05) is 94.3 Å². The minimum atomic E-state index is -1.13. The summed E-state index contributed by atoms with van der Waals surface area (Å²) in [6.07, 6.45) is 3.98. The van der Waals surface area contributed by atoms with Crippen molar-refractivity contribution in [3.8, 4) is 0 Å². The fourth-order valence-corrected chi connectivity index (χ4v) is 6.42. The van der Waals surface area contributed by atoms with Gasteiger partial charge in [-0.15, -0.1) is 0 Å². The molecule has 13 heteroatoms. The molecule has 0 unspecified atom stereocenters. The van der Waals surface area contributed by atoms with E-state index in [0.29, 0.717) is 32.4 Å². The molecular formula is C47H72N4O9. The summed E-state index contributed by atoms with van der Waals surface area (Å²) in [7, 11) is 0. The Morgan fingerprint density at radius 2 is 1.20 bits per heavy atom. The van der Waals surface area contributed by atoms with Crippen molar-refractivity contribution in [3.05, 3.63) is 71.8 Å². The predicted octanol–water partition coefficient (Wildman–Crippen LogP) is 8.12. The van der Waals surface area contributed by atoms with Gasteiger partial charge in [0, 0.05) is 44.3 Å². The van der Waals surface area contributed by atoms with Crippen LogP contribution in [-0.2, 0) is 46.4 Å². The third-order valence-corrected chi connectivity index (χ3v) is 9.07. The molecule has 0 bridgehead atoms. The number of carbonyl (C=O) groups is 6. The first-order chi connectivity index (χ1) is 28.1. The summed E-state index contributed by atoms with van der Waals surface area (Å²) in [5.74, 6) is -2.13. The van der Waals surface area contributed by atoms with E-state index in [9.17, 15) is 28.8 Å². The molecule has 0 saturated heterocycles. The summed E-state index contributed by atoms with van der Waals surface area (Å²) in [5, 5.41) is 11.4. The quantitative estimate of drug-likeness (QED) is 0.0462. The van der Waals surface area contributed by atoms with Gasteiger partial charge in [-0.05, 0) is 96.6 Å². The van der Waals surface area contributed by atoms with Crippen LogP contribution in [0.2, 0.25) is 0 Å². The summed E-state index contributed by atoms with van der Waals surface area (Å²) in [6.45, 7) is 17.8. The van der Waals surface area contributed by atoms with E-state index >= 15 is 0 Å². The second-order valence-corrected chi connectivity index (χ2v) is 18.7. The Morgan fingerprint density at radius 1 is 0.633 bits per heavy atom. The molecule has 4 amide bonds. The van der Waals surface area contributed by atoms with Crippen molar-refractivity contribution in [2.75, 3.05) is 13.1 Å². The first kappa shape index (κ1) is 51.2. The average Bonchev–Trinajstić information content (AvgIpc) is 3.14. The number of nitrogens with one attached hydrogen (secondary N) is 4. The number of hydrogen-bond donors (Lipinski definition) is 4. The number of carbonyl (C=O) groups excluding carboxylic acids is 6. The third kappa shape index (κ3) is 24.9. The van der Waals surface area contributed by atoms with Gasteiger partial charge >= 0.3 is 24.1 Å². The Hall–Kier alpha value is -4.94. The summed E-state index contributed by atoms with van der Waals surface area (Å²) in [4.78, 5) is 78.2. The Kier molecular flexibility index (Phi) is 21.9. The van der Waals surface area contributed by atoms with Crippen LogP contribution in [0, 0.1) is 11.3 Å². The Labute approximate surface area is 358 Å². The van der Waals surface area contributed by atoms with Crippen molar-refractivity contribution in [2.45, 2.75) is 163 Å². The maximum absolute atomic E-state index is 13.5. The smallest absolute Gasteiger partial charge is 0.407 e. The van der Waals surface area contributed by atoms with Crippen LogP contribution < -0.4 is 21.3 Å². The fourth-order valence-electron chi connectivity index (χ4n) is 6.42. The zero-order valence-electron chi connectivity index (χ0n) is 37.6. The predicted molar refractivity (Wildman–Crippen MR) is 233 cm³/mol. The number of benzene rings is 2.